The van der Waals surface area contributed by atoms with Crippen LogP contribution in [-0.2, 0) is 28.7 Å². The lowest BCUT2D eigenvalue weighted by Gasteiger charge is -2.16. The highest BCUT2D eigenvalue weighted by Crippen LogP contribution is 2.15. The molecule has 0 aliphatic heterocycles. The van der Waals surface area contributed by atoms with E-state index in [1.165, 1.54) is 19.2 Å². The zero-order valence-corrected chi connectivity index (χ0v) is 13.2. The van der Waals surface area contributed by atoms with Crippen molar-refractivity contribution in [1.29, 1.82) is 0 Å². The Hall–Kier alpha value is -2.32. The van der Waals surface area contributed by atoms with E-state index < -0.39 is 22.7 Å². The standard InChI is InChI=1S/C15H15FN2O4S/c1-22-15(19)12-4-5-13(14(16)7-12)10-18(23(20)21)9-11-3-2-6-17-8-11/h2-8,23H,9-10H2,1H3. The average Bonchev–Trinajstić information content (AvgIpc) is 2.55. The van der Waals surface area contributed by atoms with Crippen LogP contribution in [-0.4, -0.2) is 30.8 Å². The summed E-state index contributed by atoms with van der Waals surface area (Å²) in [6, 6.07) is 7.22. The number of methoxy groups -OCH3 is 1. The molecular formula is C15H15FN2O4S. The van der Waals surface area contributed by atoms with Gasteiger partial charge in [0.2, 0.25) is 10.9 Å². The molecule has 0 saturated heterocycles. The van der Waals surface area contributed by atoms with E-state index in [0.29, 0.717) is 5.56 Å². The van der Waals surface area contributed by atoms with Crippen molar-refractivity contribution in [2.45, 2.75) is 13.1 Å². The van der Waals surface area contributed by atoms with Crippen molar-refractivity contribution >= 4 is 16.9 Å². The topological polar surface area (TPSA) is 76.6 Å². The van der Waals surface area contributed by atoms with Gasteiger partial charge in [-0.1, -0.05) is 12.1 Å². The van der Waals surface area contributed by atoms with Crippen LogP contribution in [0, 0.1) is 5.82 Å². The van der Waals surface area contributed by atoms with Crippen LogP contribution in [0.15, 0.2) is 42.7 Å². The molecule has 8 heteroatoms. The molecule has 0 unspecified atom stereocenters. The predicted molar refractivity (Wildman–Crippen MR) is 81.5 cm³/mol. The number of nitrogens with zero attached hydrogens (tertiary/aromatic N) is 2. The lowest BCUT2D eigenvalue weighted by molar-refractivity contribution is 0.0600. The predicted octanol–water partition coefficient (Wildman–Crippen LogP) is 1.54. The van der Waals surface area contributed by atoms with Crippen molar-refractivity contribution in [3.8, 4) is 0 Å². The van der Waals surface area contributed by atoms with Gasteiger partial charge in [0.25, 0.3) is 0 Å². The third-order valence-corrected chi connectivity index (χ3v) is 3.89. The molecule has 1 heterocycles. The number of rotatable bonds is 6. The van der Waals surface area contributed by atoms with Gasteiger partial charge in [0.15, 0.2) is 0 Å². The Morgan fingerprint density at radius 1 is 1.30 bits per heavy atom. The van der Waals surface area contributed by atoms with Crippen LogP contribution in [0.1, 0.15) is 21.5 Å². The third kappa shape index (κ3) is 4.57. The lowest BCUT2D eigenvalue weighted by atomic mass is 10.1. The Morgan fingerprint density at radius 3 is 2.65 bits per heavy atom. The number of benzene rings is 1. The first-order chi connectivity index (χ1) is 11.0. The summed E-state index contributed by atoms with van der Waals surface area (Å²) in [5.41, 5.74) is 0.929. The van der Waals surface area contributed by atoms with Gasteiger partial charge in [0.1, 0.15) is 5.82 Å². The van der Waals surface area contributed by atoms with Crippen molar-refractivity contribution in [1.82, 2.24) is 9.29 Å². The van der Waals surface area contributed by atoms with Gasteiger partial charge in [-0.3, -0.25) is 4.98 Å². The van der Waals surface area contributed by atoms with Crippen LogP contribution < -0.4 is 0 Å². The first kappa shape index (κ1) is 17.0. The number of hydrogen-bond acceptors (Lipinski definition) is 5. The maximum Gasteiger partial charge on any atom is 0.337 e. The lowest BCUT2D eigenvalue weighted by Crippen LogP contribution is -2.21. The van der Waals surface area contributed by atoms with Crippen LogP contribution in [0.5, 0.6) is 0 Å². The summed E-state index contributed by atoms with van der Waals surface area (Å²) in [7, 11) is -1.70. The number of esters is 1. The van der Waals surface area contributed by atoms with Gasteiger partial charge in [-0.25, -0.2) is 17.6 Å². The molecule has 0 aliphatic carbocycles. The smallest absolute Gasteiger partial charge is 0.337 e. The molecule has 1 aromatic heterocycles. The van der Waals surface area contributed by atoms with E-state index in [4.69, 9.17) is 0 Å². The summed E-state index contributed by atoms with van der Waals surface area (Å²) in [4.78, 5) is 15.3. The summed E-state index contributed by atoms with van der Waals surface area (Å²) in [5.74, 6) is -1.32. The van der Waals surface area contributed by atoms with E-state index >= 15 is 0 Å². The molecule has 23 heavy (non-hydrogen) atoms. The minimum Gasteiger partial charge on any atom is -0.465 e. The third-order valence-electron chi connectivity index (χ3n) is 3.15. The summed E-state index contributed by atoms with van der Waals surface area (Å²) in [6.45, 7) is -0.0500. The van der Waals surface area contributed by atoms with Gasteiger partial charge >= 0.3 is 5.97 Å². The fraction of sp³-hybridized carbons (Fsp3) is 0.200. The molecule has 0 radical (unpaired) electrons. The highest BCUT2D eigenvalue weighted by molar-refractivity contribution is 7.69. The monoisotopic (exact) mass is 338 g/mol. The van der Waals surface area contributed by atoms with Crippen LogP contribution >= 0.6 is 0 Å². The zero-order valence-electron chi connectivity index (χ0n) is 12.3. The molecular weight excluding hydrogens is 323 g/mol. The normalized spacial score (nSPS) is 11.0. The van der Waals surface area contributed by atoms with Crippen molar-refractivity contribution < 1.29 is 22.3 Å². The van der Waals surface area contributed by atoms with Gasteiger partial charge in [-0.15, -0.1) is 0 Å². The van der Waals surface area contributed by atoms with Crippen LogP contribution in [0.3, 0.4) is 0 Å². The molecule has 0 N–H and O–H groups in total. The van der Waals surface area contributed by atoms with E-state index in [2.05, 4.69) is 9.72 Å². The highest BCUT2D eigenvalue weighted by atomic mass is 32.2. The van der Waals surface area contributed by atoms with E-state index in [0.717, 1.165) is 10.4 Å². The minimum atomic E-state index is -2.90. The molecule has 6 nitrogen and oxygen atoms in total. The molecule has 0 amide bonds. The minimum absolute atomic E-state index is 0.0686. The number of carbonyl (C=O) groups excluding carboxylic acids is 1. The van der Waals surface area contributed by atoms with Gasteiger partial charge in [0.05, 0.1) is 12.7 Å². The van der Waals surface area contributed by atoms with Crippen molar-refractivity contribution in [3.05, 3.63) is 65.2 Å². The summed E-state index contributed by atoms with van der Waals surface area (Å²) >= 11 is 0. The van der Waals surface area contributed by atoms with Crippen molar-refractivity contribution in [3.63, 3.8) is 0 Å². The number of hydrogen-bond donors (Lipinski definition) is 1. The average molecular weight is 338 g/mol. The van der Waals surface area contributed by atoms with E-state index in [1.807, 2.05) is 0 Å². The second kappa shape index (κ2) is 7.80. The number of halogens is 1. The van der Waals surface area contributed by atoms with Gasteiger partial charge in [0, 0.05) is 31.0 Å². The first-order valence-electron chi connectivity index (χ1n) is 6.66. The molecule has 0 saturated carbocycles. The fourth-order valence-electron chi connectivity index (χ4n) is 1.99. The summed E-state index contributed by atoms with van der Waals surface area (Å²) in [5, 5.41) is 0. The van der Waals surface area contributed by atoms with Crippen LogP contribution in [0.2, 0.25) is 0 Å². The molecule has 0 bridgehead atoms. The molecule has 1 aromatic carbocycles. The van der Waals surface area contributed by atoms with E-state index in [-0.39, 0.29) is 24.2 Å². The van der Waals surface area contributed by atoms with Crippen LogP contribution in [0.25, 0.3) is 0 Å². The molecule has 0 atom stereocenters. The molecule has 2 rings (SSSR count). The van der Waals surface area contributed by atoms with Gasteiger partial charge < -0.3 is 4.74 Å². The zero-order chi connectivity index (χ0) is 16.8. The SMILES string of the molecule is COC(=O)c1ccc(CN(Cc2cccnc2)[SH](=O)=O)c(F)c1. The number of ether oxygens (including phenoxy) is 1. The van der Waals surface area contributed by atoms with E-state index in [9.17, 15) is 17.6 Å². The Kier molecular flexibility index (Phi) is 5.78. The molecule has 0 fully saturated rings. The largest absolute Gasteiger partial charge is 0.465 e. The Balaban J connectivity index is 2.19. The quantitative estimate of drug-likeness (QED) is 0.639. The maximum absolute atomic E-state index is 14.1. The second-order valence-corrected chi connectivity index (χ2v) is 5.76. The highest BCUT2D eigenvalue weighted by Gasteiger charge is 2.15. The van der Waals surface area contributed by atoms with Gasteiger partial charge in [-0.2, -0.15) is 4.31 Å². The van der Waals surface area contributed by atoms with Crippen molar-refractivity contribution in [2.75, 3.05) is 7.11 Å². The number of carbonyl (C=O) groups is 1. The number of pyridine rings is 1. The maximum atomic E-state index is 14.1. The molecule has 0 aliphatic rings. The molecule has 2 aromatic rings. The van der Waals surface area contributed by atoms with Crippen molar-refractivity contribution in [2.24, 2.45) is 0 Å². The number of thiol groups is 1. The Morgan fingerprint density at radius 2 is 2.09 bits per heavy atom. The molecule has 0 spiro atoms. The van der Waals surface area contributed by atoms with Crippen LogP contribution in [0.4, 0.5) is 4.39 Å². The van der Waals surface area contributed by atoms with Gasteiger partial charge in [-0.05, 0) is 23.8 Å². The fourth-order valence-corrected chi connectivity index (χ4v) is 2.54. The first-order valence-corrected chi connectivity index (χ1v) is 7.79. The van der Waals surface area contributed by atoms with E-state index in [1.54, 1.807) is 24.5 Å². The molecule has 122 valence electrons. The Labute approximate surface area is 134 Å². The second-order valence-electron chi connectivity index (χ2n) is 4.72. The summed E-state index contributed by atoms with van der Waals surface area (Å²) < 4.78 is 42.4. The Bertz CT molecular complexity index is 757. The summed E-state index contributed by atoms with van der Waals surface area (Å²) in [6.07, 6.45) is 3.12. The number of aromatic nitrogens is 1.